The zero-order valence-electron chi connectivity index (χ0n) is 13.9. The van der Waals surface area contributed by atoms with Gasteiger partial charge < -0.3 is 9.47 Å². The number of carbonyl (C=O) groups is 1. The quantitative estimate of drug-likeness (QED) is 0.580. The highest BCUT2D eigenvalue weighted by Gasteiger charge is 2.42. The number of ether oxygens (including phenoxy) is 2. The van der Waals surface area contributed by atoms with E-state index in [2.05, 4.69) is 13.8 Å². The Hall–Kier alpha value is -0.950. The highest BCUT2D eigenvalue weighted by Crippen LogP contribution is 2.34. The minimum Gasteiger partial charge on any atom is -0.355 e. The molecule has 1 aliphatic rings. The normalized spacial score (nSPS) is 19.7. The predicted octanol–water partition coefficient (Wildman–Crippen LogP) is 3.27. The van der Waals surface area contributed by atoms with Crippen molar-refractivity contribution in [2.75, 3.05) is 20.0 Å². The first-order valence-corrected chi connectivity index (χ1v) is 9.01. The summed E-state index contributed by atoms with van der Waals surface area (Å²) < 4.78 is 11.5. The molecule has 2 atom stereocenters. The van der Waals surface area contributed by atoms with Gasteiger partial charge in [-0.3, -0.25) is 9.69 Å². The minimum absolute atomic E-state index is 0.0569. The van der Waals surface area contributed by atoms with Crippen molar-refractivity contribution in [1.29, 1.82) is 0 Å². The molecule has 0 N–H and O–H groups in total. The third-order valence-electron chi connectivity index (χ3n) is 4.07. The summed E-state index contributed by atoms with van der Waals surface area (Å²) in [6.07, 6.45) is -0.647. The van der Waals surface area contributed by atoms with Gasteiger partial charge in [-0.1, -0.05) is 68.2 Å². The van der Waals surface area contributed by atoms with Crippen molar-refractivity contribution >= 4 is 34.2 Å². The molecule has 1 heterocycles. The van der Waals surface area contributed by atoms with E-state index in [0.29, 0.717) is 10.2 Å². The number of hydrogen-bond donors (Lipinski definition) is 0. The van der Waals surface area contributed by atoms with Crippen LogP contribution in [0.3, 0.4) is 0 Å². The van der Waals surface area contributed by atoms with Crippen LogP contribution < -0.4 is 0 Å². The molecule has 6 heteroatoms. The second-order valence-corrected chi connectivity index (χ2v) is 7.48. The van der Waals surface area contributed by atoms with Gasteiger partial charge in [-0.05, 0) is 11.5 Å². The number of methoxy groups -OCH3 is 2. The Bertz CT molecular complexity index is 546. The second kappa shape index (κ2) is 8.24. The number of rotatable bonds is 6. The van der Waals surface area contributed by atoms with Crippen molar-refractivity contribution in [2.45, 2.75) is 32.1 Å². The van der Waals surface area contributed by atoms with Crippen molar-refractivity contribution in [3.8, 4) is 0 Å². The fourth-order valence-electron chi connectivity index (χ4n) is 2.77. The molecular formula is C17H23NO3S2. The summed E-state index contributed by atoms with van der Waals surface area (Å²) in [6.45, 7) is 4.22. The Kier molecular flexibility index (Phi) is 6.59. The molecule has 0 saturated carbocycles. The number of thioether (sulfide) groups is 1. The van der Waals surface area contributed by atoms with E-state index in [1.807, 2.05) is 30.3 Å². The van der Waals surface area contributed by atoms with Gasteiger partial charge in [0, 0.05) is 26.0 Å². The smallest absolute Gasteiger partial charge is 0.241 e. The van der Waals surface area contributed by atoms with Gasteiger partial charge in [0.2, 0.25) is 5.91 Å². The maximum Gasteiger partial charge on any atom is 0.241 e. The molecule has 1 saturated heterocycles. The lowest BCUT2D eigenvalue weighted by Crippen LogP contribution is -2.47. The van der Waals surface area contributed by atoms with Crippen LogP contribution in [0, 0.1) is 5.92 Å². The molecule has 126 valence electrons. The summed E-state index contributed by atoms with van der Waals surface area (Å²) in [7, 11) is 3.10. The molecule has 0 unspecified atom stereocenters. The number of carbonyl (C=O) groups excluding carboxylic acids is 1. The molecule has 0 aromatic heterocycles. The van der Waals surface area contributed by atoms with E-state index in [1.165, 1.54) is 0 Å². The zero-order chi connectivity index (χ0) is 17.0. The fraction of sp³-hybridized carbons (Fsp3) is 0.529. The van der Waals surface area contributed by atoms with E-state index in [-0.39, 0.29) is 11.9 Å². The van der Waals surface area contributed by atoms with Crippen LogP contribution in [0.2, 0.25) is 0 Å². The SMILES string of the molecule is COC(OC)[C@H](C(=O)N1C(=S)SC[C@@H]1C(C)C)c1ccccc1. The number of benzene rings is 1. The molecule has 0 bridgehead atoms. The van der Waals surface area contributed by atoms with Gasteiger partial charge >= 0.3 is 0 Å². The third-order valence-corrected chi connectivity index (χ3v) is 5.58. The Morgan fingerprint density at radius 2 is 1.87 bits per heavy atom. The lowest BCUT2D eigenvalue weighted by Gasteiger charge is -2.32. The van der Waals surface area contributed by atoms with Crippen molar-refractivity contribution in [3.05, 3.63) is 35.9 Å². The molecule has 0 spiro atoms. The van der Waals surface area contributed by atoms with Gasteiger partial charge in [-0.15, -0.1) is 0 Å². The summed E-state index contributed by atoms with van der Waals surface area (Å²) in [5.74, 6) is 0.587. The maximum absolute atomic E-state index is 13.3. The lowest BCUT2D eigenvalue weighted by molar-refractivity contribution is -0.152. The Labute approximate surface area is 147 Å². The van der Waals surface area contributed by atoms with Crippen molar-refractivity contribution in [1.82, 2.24) is 4.90 Å². The van der Waals surface area contributed by atoms with Gasteiger partial charge in [0.25, 0.3) is 0 Å². The van der Waals surface area contributed by atoms with E-state index in [0.717, 1.165) is 11.3 Å². The zero-order valence-corrected chi connectivity index (χ0v) is 15.5. The van der Waals surface area contributed by atoms with Gasteiger partial charge in [-0.2, -0.15) is 0 Å². The van der Waals surface area contributed by atoms with Gasteiger partial charge in [0.1, 0.15) is 10.2 Å². The van der Waals surface area contributed by atoms with Crippen molar-refractivity contribution < 1.29 is 14.3 Å². The van der Waals surface area contributed by atoms with Gasteiger partial charge in [-0.25, -0.2) is 0 Å². The van der Waals surface area contributed by atoms with Crippen LogP contribution in [0.4, 0.5) is 0 Å². The van der Waals surface area contributed by atoms with Crippen LogP contribution in [0.25, 0.3) is 0 Å². The standard InChI is InChI=1S/C17H23NO3S2/c1-11(2)13-10-23-17(22)18(13)15(19)14(16(20-3)21-4)12-8-6-5-7-9-12/h5-9,11,13-14,16H,10H2,1-4H3/t13-,14+/m1/s1. The molecular weight excluding hydrogens is 330 g/mol. The first-order valence-electron chi connectivity index (χ1n) is 7.61. The van der Waals surface area contributed by atoms with Crippen LogP contribution in [0.15, 0.2) is 30.3 Å². The number of thiocarbonyl (C=S) groups is 1. The summed E-state index contributed by atoms with van der Waals surface area (Å²) in [5, 5.41) is 0. The summed E-state index contributed by atoms with van der Waals surface area (Å²) in [6, 6.07) is 9.70. The maximum atomic E-state index is 13.3. The van der Waals surface area contributed by atoms with E-state index in [1.54, 1.807) is 30.9 Å². The molecule has 1 fully saturated rings. The van der Waals surface area contributed by atoms with Gasteiger partial charge in [0.05, 0.1) is 0 Å². The molecule has 0 aliphatic carbocycles. The van der Waals surface area contributed by atoms with E-state index in [9.17, 15) is 4.79 Å². The highest BCUT2D eigenvalue weighted by atomic mass is 32.2. The Morgan fingerprint density at radius 1 is 1.26 bits per heavy atom. The lowest BCUT2D eigenvalue weighted by atomic mass is 9.95. The largest absolute Gasteiger partial charge is 0.355 e. The molecule has 1 aromatic rings. The van der Waals surface area contributed by atoms with Crippen LogP contribution in [-0.2, 0) is 14.3 Å². The molecule has 4 nitrogen and oxygen atoms in total. The molecule has 2 rings (SSSR count). The van der Waals surface area contributed by atoms with E-state index < -0.39 is 12.2 Å². The molecule has 1 aromatic carbocycles. The number of nitrogens with zero attached hydrogens (tertiary/aromatic N) is 1. The third kappa shape index (κ3) is 3.94. The first-order chi connectivity index (χ1) is 11.0. The van der Waals surface area contributed by atoms with E-state index in [4.69, 9.17) is 21.7 Å². The Balaban J connectivity index is 2.38. The van der Waals surface area contributed by atoms with Crippen LogP contribution in [0.5, 0.6) is 0 Å². The fourth-order valence-corrected chi connectivity index (χ4v) is 4.42. The van der Waals surface area contributed by atoms with Crippen LogP contribution in [-0.4, -0.2) is 47.4 Å². The van der Waals surface area contributed by atoms with Crippen LogP contribution >= 0.6 is 24.0 Å². The molecule has 0 radical (unpaired) electrons. The van der Waals surface area contributed by atoms with Crippen molar-refractivity contribution in [3.63, 3.8) is 0 Å². The van der Waals surface area contributed by atoms with Gasteiger partial charge in [0.15, 0.2) is 6.29 Å². The summed E-state index contributed by atoms with van der Waals surface area (Å²) >= 11 is 6.99. The van der Waals surface area contributed by atoms with Crippen molar-refractivity contribution in [2.24, 2.45) is 5.92 Å². The average molecular weight is 354 g/mol. The average Bonchev–Trinajstić information content (AvgIpc) is 2.94. The summed E-state index contributed by atoms with van der Waals surface area (Å²) in [4.78, 5) is 15.1. The monoisotopic (exact) mass is 353 g/mol. The predicted molar refractivity (Wildman–Crippen MR) is 97.5 cm³/mol. The molecule has 1 amide bonds. The number of amides is 1. The van der Waals surface area contributed by atoms with Crippen LogP contribution in [0.1, 0.15) is 25.3 Å². The first kappa shape index (κ1) is 18.4. The van der Waals surface area contributed by atoms with E-state index >= 15 is 0 Å². The highest BCUT2D eigenvalue weighted by molar-refractivity contribution is 8.23. The topological polar surface area (TPSA) is 38.8 Å². The number of hydrogen-bond acceptors (Lipinski definition) is 5. The second-order valence-electron chi connectivity index (χ2n) is 5.82. The Morgan fingerprint density at radius 3 is 2.39 bits per heavy atom. The summed E-state index contributed by atoms with van der Waals surface area (Å²) in [5.41, 5.74) is 0.869. The molecule has 1 aliphatic heterocycles. The molecule has 23 heavy (non-hydrogen) atoms. The minimum atomic E-state index is -0.647.